The highest BCUT2D eigenvalue weighted by atomic mass is 32.1. The van der Waals surface area contributed by atoms with E-state index in [0.29, 0.717) is 35.5 Å². The number of rotatable bonds is 4. The van der Waals surface area contributed by atoms with Crippen LogP contribution in [-0.4, -0.2) is 39.1 Å². The van der Waals surface area contributed by atoms with Crippen molar-refractivity contribution < 1.29 is 13.7 Å². The molecule has 3 heterocycles. The number of hydrogen-bond acceptors (Lipinski definition) is 6. The molecule has 1 aliphatic rings. The summed E-state index contributed by atoms with van der Waals surface area (Å²) >= 11 is 1.40. The highest BCUT2D eigenvalue weighted by Gasteiger charge is 2.29. The number of amides is 2. The highest BCUT2D eigenvalue weighted by molar-refractivity contribution is 7.14. The molecule has 2 aromatic carbocycles. The zero-order valence-corrected chi connectivity index (χ0v) is 17.9. The molecule has 0 saturated carbocycles. The van der Waals surface area contributed by atoms with Gasteiger partial charge < -0.3 is 9.42 Å². The molecule has 9 heteroatoms. The first kappa shape index (κ1) is 20.3. The number of carbonyl (C=O) groups excluding carboxylic acids is 1. The van der Waals surface area contributed by atoms with Crippen molar-refractivity contribution in [2.24, 2.45) is 0 Å². The van der Waals surface area contributed by atoms with Crippen molar-refractivity contribution in [3.8, 4) is 22.6 Å². The second kappa shape index (κ2) is 8.88. The number of nitrogens with one attached hydrogen (secondary N) is 1. The molecule has 0 bridgehead atoms. The Kier molecular flexibility index (Phi) is 5.64. The molecule has 4 aromatic rings. The molecule has 32 heavy (non-hydrogen) atoms. The van der Waals surface area contributed by atoms with Crippen LogP contribution in [0.15, 0.2) is 64.5 Å². The minimum Gasteiger partial charge on any atom is -0.339 e. The number of likely N-dealkylation sites (tertiary alicyclic amines) is 1. The van der Waals surface area contributed by atoms with Crippen LogP contribution in [0, 0.1) is 5.82 Å². The first-order valence-electron chi connectivity index (χ1n) is 10.3. The lowest BCUT2D eigenvalue weighted by Crippen LogP contribution is -2.41. The molecular formula is C23H20FN5O2S. The van der Waals surface area contributed by atoms with E-state index in [1.54, 1.807) is 17.0 Å². The van der Waals surface area contributed by atoms with Gasteiger partial charge in [0, 0.05) is 29.6 Å². The average Bonchev–Trinajstić information content (AvgIpc) is 3.51. The van der Waals surface area contributed by atoms with Crippen LogP contribution < -0.4 is 5.32 Å². The summed E-state index contributed by atoms with van der Waals surface area (Å²) < 4.78 is 18.6. The zero-order valence-electron chi connectivity index (χ0n) is 17.1. The lowest BCUT2D eigenvalue weighted by atomic mass is 9.98. The largest absolute Gasteiger partial charge is 0.339 e. The summed E-state index contributed by atoms with van der Waals surface area (Å²) in [6.45, 7) is 1.13. The third kappa shape index (κ3) is 4.38. The van der Waals surface area contributed by atoms with E-state index in [1.165, 1.54) is 23.5 Å². The minimum atomic E-state index is -0.317. The summed E-state index contributed by atoms with van der Waals surface area (Å²) in [5.41, 5.74) is 2.53. The van der Waals surface area contributed by atoms with Crippen molar-refractivity contribution in [1.29, 1.82) is 0 Å². The van der Waals surface area contributed by atoms with Gasteiger partial charge in [-0.1, -0.05) is 35.5 Å². The van der Waals surface area contributed by atoms with Crippen molar-refractivity contribution in [3.05, 3.63) is 71.7 Å². The van der Waals surface area contributed by atoms with Gasteiger partial charge in [0.25, 0.3) is 0 Å². The Morgan fingerprint density at radius 2 is 1.91 bits per heavy atom. The number of benzene rings is 2. The lowest BCUT2D eigenvalue weighted by Gasteiger charge is -2.30. The van der Waals surface area contributed by atoms with Gasteiger partial charge in [0.2, 0.25) is 11.7 Å². The molecule has 1 aliphatic heterocycles. The predicted molar refractivity (Wildman–Crippen MR) is 120 cm³/mol. The van der Waals surface area contributed by atoms with Crippen LogP contribution in [0.4, 0.5) is 14.3 Å². The van der Waals surface area contributed by atoms with E-state index in [4.69, 9.17) is 4.52 Å². The molecular weight excluding hydrogens is 429 g/mol. The van der Waals surface area contributed by atoms with Crippen molar-refractivity contribution in [1.82, 2.24) is 20.0 Å². The zero-order chi connectivity index (χ0) is 21.9. The van der Waals surface area contributed by atoms with Gasteiger partial charge >= 0.3 is 6.03 Å². The summed E-state index contributed by atoms with van der Waals surface area (Å²) in [5, 5.41) is 9.42. The topological polar surface area (TPSA) is 84.2 Å². The van der Waals surface area contributed by atoms with Gasteiger partial charge in [-0.2, -0.15) is 4.98 Å². The van der Waals surface area contributed by atoms with Gasteiger partial charge in [0.1, 0.15) is 5.82 Å². The summed E-state index contributed by atoms with van der Waals surface area (Å²) in [4.78, 5) is 23.6. The first-order valence-corrected chi connectivity index (χ1v) is 11.2. The van der Waals surface area contributed by atoms with Crippen molar-refractivity contribution >= 4 is 22.5 Å². The number of thiazole rings is 1. The van der Waals surface area contributed by atoms with Gasteiger partial charge in [-0.15, -0.1) is 11.3 Å². The quantitative estimate of drug-likeness (QED) is 0.450. The molecule has 2 amide bonds. The van der Waals surface area contributed by atoms with Crippen molar-refractivity contribution in [2.45, 2.75) is 18.8 Å². The maximum Gasteiger partial charge on any atom is 0.323 e. The molecule has 0 spiro atoms. The van der Waals surface area contributed by atoms with Gasteiger partial charge in [0.05, 0.1) is 11.6 Å². The van der Waals surface area contributed by atoms with Gasteiger partial charge in [-0.3, -0.25) is 5.32 Å². The maximum absolute atomic E-state index is 13.1. The maximum atomic E-state index is 13.1. The lowest BCUT2D eigenvalue weighted by molar-refractivity contribution is 0.184. The Balaban J connectivity index is 1.24. The van der Waals surface area contributed by atoms with Crippen LogP contribution in [-0.2, 0) is 0 Å². The third-order valence-electron chi connectivity index (χ3n) is 5.39. The SMILES string of the molecule is O=C(Nc1nc(-c2ccccc2)cs1)N1CCCC(c2nc(-c3ccc(F)cc3)no2)C1. The van der Waals surface area contributed by atoms with Crippen LogP contribution >= 0.6 is 11.3 Å². The molecule has 1 atom stereocenters. The Hall–Kier alpha value is -3.59. The normalized spacial score (nSPS) is 16.2. The standard InChI is InChI=1S/C23H20FN5O2S/c24-18-10-8-16(9-11-18)20-26-21(31-28-20)17-7-4-12-29(13-17)23(30)27-22-25-19(14-32-22)15-5-2-1-3-6-15/h1-3,5-6,8-11,14,17H,4,7,12-13H2,(H,25,27,30). The van der Waals surface area contributed by atoms with Crippen LogP contribution in [0.5, 0.6) is 0 Å². The third-order valence-corrected chi connectivity index (χ3v) is 6.15. The number of hydrogen-bond donors (Lipinski definition) is 1. The van der Waals surface area contributed by atoms with Crippen LogP contribution in [0.25, 0.3) is 22.6 Å². The number of anilines is 1. The van der Waals surface area contributed by atoms with E-state index >= 15 is 0 Å². The van der Waals surface area contributed by atoms with Crippen LogP contribution in [0.3, 0.4) is 0 Å². The van der Waals surface area contributed by atoms with E-state index in [1.807, 2.05) is 35.7 Å². The minimum absolute atomic E-state index is 0.0487. The Morgan fingerprint density at radius 3 is 2.72 bits per heavy atom. The van der Waals surface area contributed by atoms with E-state index < -0.39 is 0 Å². The Labute approximate surface area is 187 Å². The number of aromatic nitrogens is 3. The van der Waals surface area contributed by atoms with E-state index in [2.05, 4.69) is 20.4 Å². The molecule has 1 fully saturated rings. The molecule has 7 nitrogen and oxygen atoms in total. The summed E-state index contributed by atoms with van der Waals surface area (Å²) in [7, 11) is 0. The number of piperidine rings is 1. The first-order chi connectivity index (χ1) is 15.7. The fourth-order valence-corrected chi connectivity index (χ4v) is 4.43. The van der Waals surface area contributed by atoms with Gasteiger partial charge in [0.15, 0.2) is 5.13 Å². The smallest absolute Gasteiger partial charge is 0.323 e. The van der Waals surface area contributed by atoms with Crippen molar-refractivity contribution in [3.63, 3.8) is 0 Å². The Bertz CT molecular complexity index is 1210. The number of halogens is 1. The summed E-state index contributed by atoms with van der Waals surface area (Å²) in [6.07, 6.45) is 1.68. The second-order valence-corrected chi connectivity index (χ2v) is 8.44. The molecule has 1 unspecified atom stereocenters. The fraction of sp³-hybridized carbons (Fsp3) is 0.217. The monoisotopic (exact) mass is 449 g/mol. The second-order valence-electron chi connectivity index (χ2n) is 7.58. The fourth-order valence-electron chi connectivity index (χ4n) is 3.72. The number of nitrogens with zero attached hydrogens (tertiary/aromatic N) is 4. The summed E-state index contributed by atoms with van der Waals surface area (Å²) in [5.74, 6) is 0.537. The van der Waals surface area contributed by atoms with Crippen molar-refractivity contribution in [2.75, 3.05) is 18.4 Å². The van der Waals surface area contributed by atoms with E-state index in [0.717, 1.165) is 24.1 Å². The van der Waals surface area contributed by atoms with Gasteiger partial charge in [-0.25, -0.2) is 14.2 Å². The van der Waals surface area contributed by atoms with Crippen LogP contribution in [0.2, 0.25) is 0 Å². The molecule has 5 rings (SSSR count). The molecule has 1 saturated heterocycles. The number of carbonyl (C=O) groups is 1. The molecule has 162 valence electrons. The summed E-state index contributed by atoms with van der Waals surface area (Å²) in [6, 6.07) is 15.6. The molecule has 1 N–H and O–H groups in total. The average molecular weight is 450 g/mol. The predicted octanol–water partition coefficient (Wildman–Crippen LogP) is 5.41. The van der Waals surface area contributed by atoms with E-state index in [-0.39, 0.29) is 17.8 Å². The molecule has 0 aliphatic carbocycles. The molecule has 2 aromatic heterocycles. The molecule has 0 radical (unpaired) electrons. The number of urea groups is 1. The van der Waals surface area contributed by atoms with Gasteiger partial charge in [-0.05, 0) is 37.1 Å². The van der Waals surface area contributed by atoms with E-state index in [9.17, 15) is 9.18 Å². The highest BCUT2D eigenvalue weighted by Crippen LogP contribution is 2.29. The van der Waals surface area contributed by atoms with Crippen LogP contribution in [0.1, 0.15) is 24.7 Å². The Morgan fingerprint density at radius 1 is 1.09 bits per heavy atom.